The summed E-state index contributed by atoms with van der Waals surface area (Å²) in [6.07, 6.45) is 3.23. The molecule has 2 aliphatic rings. The van der Waals surface area contributed by atoms with E-state index in [-0.39, 0.29) is 5.25 Å². The molecule has 2 aromatic heterocycles. The van der Waals surface area contributed by atoms with Crippen LogP contribution in [0.2, 0.25) is 0 Å². The van der Waals surface area contributed by atoms with Gasteiger partial charge >= 0.3 is 0 Å². The highest BCUT2D eigenvalue weighted by molar-refractivity contribution is 7.92. The Bertz CT molecular complexity index is 796. The molecule has 0 bridgehead atoms. The minimum absolute atomic E-state index is 0.166. The van der Waals surface area contributed by atoms with Crippen molar-refractivity contribution in [3.63, 3.8) is 0 Å². The van der Waals surface area contributed by atoms with Gasteiger partial charge in [-0.25, -0.2) is 8.42 Å². The molecule has 1 atom stereocenters. The molecule has 0 aromatic carbocycles. The zero-order valence-corrected chi connectivity index (χ0v) is 13.7. The Balaban J connectivity index is 1.39. The molecule has 2 aliphatic heterocycles. The van der Waals surface area contributed by atoms with Crippen LogP contribution in [-0.2, 0) is 9.84 Å². The van der Waals surface area contributed by atoms with Crippen molar-refractivity contribution >= 4 is 21.3 Å². The van der Waals surface area contributed by atoms with E-state index in [4.69, 9.17) is 0 Å². The maximum absolute atomic E-state index is 12.0. The quantitative estimate of drug-likeness (QED) is 0.769. The first-order valence-electron chi connectivity index (χ1n) is 7.98. The normalized spacial score (nSPS) is 25.2. The van der Waals surface area contributed by atoms with E-state index in [0.717, 1.165) is 50.5 Å². The van der Waals surface area contributed by atoms with Crippen molar-refractivity contribution in [3.8, 4) is 0 Å². The summed E-state index contributed by atoms with van der Waals surface area (Å²) in [6, 6.07) is 3.87. The molecule has 9 heteroatoms. The second kappa shape index (κ2) is 5.72. The smallest absolute Gasteiger partial charge is 0.177 e. The van der Waals surface area contributed by atoms with E-state index >= 15 is 0 Å². The van der Waals surface area contributed by atoms with Crippen molar-refractivity contribution in [1.29, 1.82) is 0 Å². The maximum atomic E-state index is 12.0. The Hall–Kier alpha value is -1.74. The van der Waals surface area contributed by atoms with Gasteiger partial charge in [-0.05, 0) is 25.0 Å². The Kier molecular flexibility index (Phi) is 3.68. The van der Waals surface area contributed by atoms with E-state index in [0.29, 0.717) is 12.3 Å². The van der Waals surface area contributed by atoms with Crippen LogP contribution in [-0.4, -0.2) is 76.9 Å². The van der Waals surface area contributed by atoms with Gasteiger partial charge in [-0.1, -0.05) is 0 Å². The fourth-order valence-corrected chi connectivity index (χ4v) is 5.26. The van der Waals surface area contributed by atoms with Crippen LogP contribution in [0, 0.1) is 0 Å². The molecule has 23 heavy (non-hydrogen) atoms. The summed E-state index contributed by atoms with van der Waals surface area (Å²) in [4.78, 5) is 4.49. The lowest BCUT2D eigenvalue weighted by Gasteiger charge is -2.36. The van der Waals surface area contributed by atoms with Crippen LogP contribution in [0.3, 0.4) is 0 Å². The number of piperazine rings is 1. The number of anilines is 1. The zero-order chi connectivity index (χ0) is 15.9. The minimum atomic E-state index is -2.85. The van der Waals surface area contributed by atoms with Crippen molar-refractivity contribution in [2.24, 2.45) is 0 Å². The SMILES string of the molecule is O=S1(=O)CCCC1CN1CCN(c2ccc3nncn3n2)CC1. The molecule has 0 saturated carbocycles. The maximum Gasteiger partial charge on any atom is 0.177 e. The van der Waals surface area contributed by atoms with Crippen LogP contribution in [0.25, 0.3) is 5.65 Å². The van der Waals surface area contributed by atoms with Gasteiger partial charge in [0.25, 0.3) is 0 Å². The van der Waals surface area contributed by atoms with Gasteiger partial charge in [0.15, 0.2) is 15.5 Å². The van der Waals surface area contributed by atoms with Crippen molar-refractivity contribution in [3.05, 3.63) is 18.5 Å². The zero-order valence-electron chi connectivity index (χ0n) is 12.9. The number of rotatable bonds is 3. The summed E-state index contributed by atoms with van der Waals surface area (Å²) < 4.78 is 25.6. The highest BCUT2D eigenvalue weighted by Gasteiger charge is 2.33. The molecule has 4 rings (SSSR count). The van der Waals surface area contributed by atoms with E-state index < -0.39 is 9.84 Å². The van der Waals surface area contributed by atoms with Gasteiger partial charge < -0.3 is 4.90 Å². The largest absolute Gasteiger partial charge is 0.353 e. The summed E-state index contributed by atoms with van der Waals surface area (Å²) in [7, 11) is -2.85. The summed E-state index contributed by atoms with van der Waals surface area (Å²) in [5, 5.41) is 12.1. The molecule has 1 unspecified atom stereocenters. The Labute approximate surface area is 135 Å². The van der Waals surface area contributed by atoms with Crippen molar-refractivity contribution < 1.29 is 8.42 Å². The summed E-state index contributed by atoms with van der Waals surface area (Å²) >= 11 is 0. The van der Waals surface area contributed by atoms with Gasteiger partial charge in [-0.3, -0.25) is 4.90 Å². The molecular formula is C14H20N6O2S. The van der Waals surface area contributed by atoms with Crippen molar-refractivity contribution in [2.45, 2.75) is 18.1 Å². The third-order valence-electron chi connectivity index (χ3n) is 4.77. The van der Waals surface area contributed by atoms with Crippen LogP contribution >= 0.6 is 0 Å². The molecule has 8 nitrogen and oxygen atoms in total. The van der Waals surface area contributed by atoms with Gasteiger partial charge in [0.05, 0.1) is 11.0 Å². The fraction of sp³-hybridized carbons (Fsp3) is 0.643. The van der Waals surface area contributed by atoms with Crippen LogP contribution < -0.4 is 4.90 Å². The predicted octanol–water partition coefficient (Wildman–Crippen LogP) is -0.176. The summed E-state index contributed by atoms with van der Waals surface area (Å²) in [5.74, 6) is 1.27. The number of nitrogens with zero attached hydrogens (tertiary/aromatic N) is 6. The Morgan fingerprint density at radius 3 is 2.74 bits per heavy atom. The van der Waals surface area contributed by atoms with Crippen molar-refractivity contribution in [2.75, 3.05) is 43.4 Å². The highest BCUT2D eigenvalue weighted by atomic mass is 32.2. The number of aromatic nitrogens is 4. The van der Waals surface area contributed by atoms with E-state index in [1.807, 2.05) is 12.1 Å². The van der Waals surface area contributed by atoms with Gasteiger partial charge in [0, 0.05) is 32.7 Å². The molecule has 0 amide bonds. The average molecular weight is 336 g/mol. The predicted molar refractivity (Wildman–Crippen MR) is 86.2 cm³/mol. The molecule has 4 heterocycles. The molecule has 0 N–H and O–H groups in total. The van der Waals surface area contributed by atoms with Crippen LogP contribution in [0.4, 0.5) is 5.82 Å². The molecule has 2 fully saturated rings. The van der Waals surface area contributed by atoms with Crippen LogP contribution in [0.1, 0.15) is 12.8 Å². The van der Waals surface area contributed by atoms with Crippen LogP contribution in [0.15, 0.2) is 18.5 Å². The lowest BCUT2D eigenvalue weighted by Crippen LogP contribution is -2.49. The molecule has 0 aliphatic carbocycles. The van der Waals surface area contributed by atoms with E-state index in [1.165, 1.54) is 0 Å². The molecule has 124 valence electrons. The first-order valence-corrected chi connectivity index (χ1v) is 9.69. The topological polar surface area (TPSA) is 83.7 Å². The van der Waals surface area contributed by atoms with Crippen LogP contribution in [0.5, 0.6) is 0 Å². The minimum Gasteiger partial charge on any atom is -0.353 e. The second-order valence-electron chi connectivity index (χ2n) is 6.24. The molecule has 0 spiro atoms. The first kappa shape index (κ1) is 14.8. The number of hydrogen-bond donors (Lipinski definition) is 0. The summed E-state index contributed by atoms with van der Waals surface area (Å²) in [5.41, 5.74) is 0.735. The van der Waals surface area contributed by atoms with Crippen molar-refractivity contribution in [1.82, 2.24) is 24.7 Å². The monoisotopic (exact) mass is 336 g/mol. The van der Waals surface area contributed by atoms with Gasteiger partial charge in [0.1, 0.15) is 12.1 Å². The third-order valence-corrected chi connectivity index (χ3v) is 7.03. The third kappa shape index (κ3) is 2.90. The Morgan fingerprint density at radius 2 is 2.00 bits per heavy atom. The molecule has 0 radical (unpaired) electrons. The number of hydrogen-bond acceptors (Lipinski definition) is 7. The van der Waals surface area contributed by atoms with Gasteiger partial charge in [-0.2, -0.15) is 4.52 Å². The standard InChI is InChI=1S/C14H20N6O2S/c21-23(22)9-1-2-12(23)10-18-5-7-19(8-6-18)14-4-3-13-16-15-11-20(13)17-14/h3-4,11-12H,1-2,5-10H2. The molecule has 2 saturated heterocycles. The number of sulfone groups is 1. The van der Waals surface area contributed by atoms with E-state index in [2.05, 4.69) is 25.1 Å². The first-order chi connectivity index (χ1) is 11.1. The van der Waals surface area contributed by atoms with E-state index in [1.54, 1.807) is 10.8 Å². The summed E-state index contributed by atoms with van der Waals surface area (Å²) in [6.45, 7) is 4.12. The Morgan fingerprint density at radius 1 is 1.17 bits per heavy atom. The van der Waals surface area contributed by atoms with Gasteiger partial charge in [0.2, 0.25) is 0 Å². The second-order valence-corrected chi connectivity index (χ2v) is 8.64. The number of fused-ring (bicyclic) bond motifs is 1. The average Bonchev–Trinajstić information content (AvgIpc) is 3.14. The fourth-order valence-electron chi connectivity index (χ4n) is 3.40. The highest BCUT2D eigenvalue weighted by Crippen LogP contribution is 2.22. The lowest BCUT2D eigenvalue weighted by atomic mass is 10.2. The van der Waals surface area contributed by atoms with E-state index in [9.17, 15) is 8.42 Å². The molecule has 2 aromatic rings. The lowest BCUT2D eigenvalue weighted by molar-refractivity contribution is 0.255. The molecular weight excluding hydrogens is 316 g/mol. The van der Waals surface area contributed by atoms with Gasteiger partial charge in [-0.15, -0.1) is 15.3 Å².